The molecule has 1 saturated heterocycles. The molecule has 1 aliphatic rings. The fourth-order valence-corrected chi connectivity index (χ4v) is 3.43. The molecule has 2 heterocycles. The van der Waals surface area contributed by atoms with E-state index < -0.39 is 0 Å². The van der Waals surface area contributed by atoms with Crippen LogP contribution in [-0.4, -0.2) is 47.5 Å². The van der Waals surface area contributed by atoms with E-state index in [1.54, 1.807) is 24.0 Å². The van der Waals surface area contributed by atoms with Gasteiger partial charge in [0.2, 0.25) is 0 Å². The Labute approximate surface area is 153 Å². The highest BCUT2D eigenvalue weighted by atomic mass is 19.1. The van der Waals surface area contributed by atoms with Crippen molar-refractivity contribution in [1.29, 1.82) is 0 Å². The Kier molecular flexibility index (Phi) is 4.88. The Morgan fingerprint density at radius 3 is 2.62 bits per heavy atom. The van der Waals surface area contributed by atoms with Gasteiger partial charge in [0, 0.05) is 30.6 Å². The molecule has 1 aromatic carbocycles. The van der Waals surface area contributed by atoms with E-state index in [1.165, 1.54) is 6.07 Å². The van der Waals surface area contributed by atoms with Gasteiger partial charge in [0.15, 0.2) is 0 Å². The van der Waals surface area contributed by atoms with E-state index in [0.717, 1.165) is 0 Å². The number of hydrogen-bond acceptors (Lipinski definition) is 4. The molecule has 0 saturated carbocycles. The van der Waals surface area contributed by atoms with Crippen molar-refractivity contribution < 1.29 is 13.7 Å². The van der Waals surface area contributed by atoms with Gasteiger partial charge in [-0.25, -0.2) is 4.39 Å². The average Bonchev–Trinajstić information content (AvgIpc) is 2.97. The lowest BCUT2D eigenvalue weighted by atomic mass is 9.88. The summed E-state index contributed by atoms with van der Waals surface area (Å²) >= 11 is 0. The molecule has 0 bridgehead atoms. The molecule has 1 amide bonds. The molecule has 140 valence electrons. The van der Waals surface area contributed by atoms with Crippen LogP contribution in [0.3, 0.4) is 0 Å². The Hall–Kier alpha value is -2.21. The molecule has 0 aliphatic carbocycles. The quantitative estimate of drug-likeness (QED) is 0.823. The summed E-state index contributed by atoms with van der Waals surface area (Å²) in [5.74, 6) is 0.194. The van der Waals surface area contributed by atoms with Crippen LogP contribution in [-0.2, 0) is 5.41 Å². The van der Waals surface area contributed by atoms with Gasteiger partial charge in [0.05, 0.1) is 6.04 Å². The lowest BCUT2D eigenvalue weighted by Gasteiger charge is -2.40. The molecular weight excluding hydrogens is 333 g/mol. The number of carbonyl (C=O) groups is 1. The number of amides is 1. The Balaban J connectivity index is 1.90. The molecule has 0 spiro atoms. The van der Waals surface area contributed by atoms with Gasteiger partial charge in [-0.1, -0.05) is 44.1 Å². The first-order chi connectivity index (χ1) is 12.2. The number of likely N-dealkylation sites (N-methyl/N-ethyl adjacent to an activating group) is 1. The van der Waals surface area contributed by atoms with Gasteiger partial charge in [0.25, 0.3) is 5.91 Å². The number of aromatic nitrogens is 1. The van der Waals surface area contributed by atoms with E-state index in [9.17, 15) is 9.18 Å². The Morgan fingerprint density at radius 1 is 1.27 bits per heavy atom. The van der Waals surface area contributed by atoms with Crippen LogP contribution in [0.4, 0.5) is 4.39 Å². The van der Waals surface area contributed by atoms with Gasteiger partial charge in [-0.05, 0) is 20.0 Å². The first-order valence-corrected chi connectivity index (χ1v) is 8.91. The van der Waals surface area contributed by atoms with E-state index >= 15 is 0 Å². The van der Waals surface area contributed by atoms with Gasteiger partial charge >= 0.3 is 0 Å². The molecule has 2 aromatic rings. The molecular formula is C20H26FN3O2. The van der Waals surface area contributed by atoms with E-state index in [1.807, 2.05) is 33.9 Å². The summed E-state index contributed by atoms with van der Waals surface area (Å²) in [4.78, 5) is 17.1. The second-order valence-electron chi connectivity index (χ2n) is 7.98. The Bertz CT molecular complexity index is 810. The van der Waals surface area contributed by atoms with E-state index in [-0.39, 0.29) is 23.2 Å². The zero-order valence-corrected chi connectivity index (χ0v) is 16.0. The van der Waals surface area contributed by atoms with Gasteiger partial charge < -0.3 is 9.42 Å². The lowest BCUT2D eigenvalue weighted by Crippen LogP contribution is -2.49. The molecule has 5 nitrogen and oxygen atoms in total. The molecule has 1 aromatic heterocycles. The van der Waals surface area contributed by atoms with Gasteiger partial charge in [0.1, 0.15) is 22.8 Å². The number of rotatable bonds is 2. The molecule has 3 rings (SSSR count). The predicted octanol–water partition coefficient (Wildman–Crippen LogP) is 3.55. The number of aryl methyl sites for hydroxylation is 1. The maximum atomic E-state index is 14.3. The number of hydrogen-bond donors (Lipinski definition) is 0. The third-order valence-electron chi connectivity index (χ3n) is 4.99. The van der Waals surface area contributed by atoms with Crippen molar-refractivity contribution in [3.05, 3.63) is 52.7 Å². The highest BCUT2D eigenvalue weighted by Crippen LogP contribution is 2.31. The van der Waals surface area contributed by atoms with Crippen LogP contribution >= 0.6 is 0 Å². The highest BCUT2D eigenvalue weighted by molar-refractivity contribution is 5.96. The second kappa shape index (κ2) is 6.83. The summed E-state index contributed by atoms with van der Waals surface area (Å²) in [6.45, 7) is 9.49. The first-order valence-electron chi connectivity index (χ1n) is 8.91. The number of benzene rings is 1. The van der Waals surface area contributed by atoms with Crippen molar-refractivity contribution in [2.24, 2.45) is 0 Å². The number of carbonyl (C=O) groups excluding carboxylic acids is 1. The van der Waals surface area contributed by atoms with Crippen molar-refractivity contribution in [3.8, 4) is 0 Å². The smallest absolute Gasteiger partial charge is 0.259 e. The van der Waals surface area contributed by atoms with Crippen LogP contribution in [0.15, 0.2) is 28.8 Å². The normalized spacial score (nSPS) is 19.0. The molecule has 0 radical (unpaired) electrons. The SMILES string of the molecule is Cc1onc(C(C)(C)C)c1C(=O)N1CCN(C)C(c2ccccc2F)C1. The molecule has 1 unspecified atom stereocenters. The summed E-state index contributed by atoms with van der Waals surface area (Å²) in [5.41, 5.74) is 1.53. The third-order valence-corrected chi connectivity index (χ3v) is 4.99. The topological polar surface area (TPSA) is 49.6 Å². The summed E-state index contributed by atoms with van der Waals surface area (Å²) in [6.07, 6.45) is 0. The zero-order chi connectivity index (χ0) is 19.1. The largest absolute Gasteiger partial charge is 0.361 e. The van der Waals surface area contributed by atoms with Gasteiger partial charge in [-0.3, -0.25) is 9.69 Å². The number of nitrogens with zero attached hydrogens (tertiary/aromatic N) is 3. The average molecular weight is 359 g/mol. The van der Waals surface area contributed by atoms with Crippen LogP contribution in [0.25, 0.3) is 0 Å². The van der Waals surface area contributed by atoms with E-state index in [4.69, 9.17) is 4.52 Å². The number of halogens is 1. The summed E-state index contributed by atoms with van der Waals surface area (Å²) in [5, 5.41) is 4.12. The summed E-state index contributed by atoms with van der Waals surface area (Å²) in [7, 11) is 1.96. The highest BCUT2D eigenvalue weighted by Gasteiger charge is 2.35. The zero-order valence-electron chi connectivity index (χ0n) is 16.0. The van der Waals surface area contributed by atoms with Gasteiger partial charge in [-0.2, -0.15) is 0 Å². The lowest BCUT2D eigenvalue weighted by molar-refractivity contribution is 0.0537. The van der Waals surface area contributed by atoms with Gasteiger partial charge in [-0.15, -0.1) is 0 Å². The maximum Gasteiger partial charge on any atom is 0.259 e. The minimum absolute atomic E-state index is 0.0943. The van der Waals surface area contributed by atoms with Crippen LogP contribution in [0.5, 0.6) is 0 Å². The first kappa shape index (κ1) is 18.6. The molecule has 26 heavy (non-hydrogen) atoms. The summed E-state index contributed by atoms with van der Waals surface area (Å²) < 4.78 is 19.6. The maximum absolute atomic E-state index is 14.3. The van der Waals surface area contributed by atoms with E-state index in [2.05, 4.69) is 10.1 Å². The third kappa shape index (κ3) is 3.38. The number of piperazine rings is 1. The van der Waals surface area contributed by atoms with Crippen molar-refractivity contribution in [3.63, 3.8) is 0 Å². The van der Waals surface area contributed by atoms with Crippen molar-refractivity contribution >= 4 is 5.91 Å². The standard InChI is InChI=1S/C20H26FN3O2/c1-13-17(18(22-26-13)20(2,3)4)19(25)24-11-10-23(5)16(12-24)14-8-6-7-9-15(14)21/h6-9,16H,10-12H2,1-5H3. The molecule has 0 N–H and O–H groups in total. The van der Waals surface area contributed by atoms with E-state index in [0.29, 0.717) is 42.2 Å². The predicted molar refractivity (Wildman–Crippen MR) is 97.6 cm³/mol. The van der Waals surface area contributed by atoms with Crippen LogP contribution in [0.1, 0.15) is 54.2 Å². The fourth-order valence-electron chi connectivity index (χ4n) is 3.43. The minimum atomic E-state index is -0.291. The van der Waals surface area contributed by atoms with Crippen molar-refractivity contribution in [2.45, 2.75) is 39.2 Å². The van der Waals surface area contributed by atoms with Crippen LogP contribution < -0.4 is 0 Å². The monoisotopic (exact) mass is 359 g/mol. The van der Waals surface area contributed by atoms with Crippen molar-refractivity contribution in [1.82, 2.24) is 15.0 Å². The summed E-state index contributed by atoms with van der Waals surface area (Å²) in [6, 6.07) is 6.59. The van der Waals surface area contributed by atoms with Crippen LogP contribution in [0.2, 0.25) is 0 Å². The molecule has 1 atom stereocenters. The molecule has 1 fully saturated rings. The van der Waals surface area contributed by atoms with Crippen LogP contribution in [0, 0.1) is 12.7 Å². The molecule has 1 aliphatic heterocycles. The minimum Gasteiger partial charge on any atom is -0.361 e. The second-order valence-corrected chi connectivity index (χ2v) is 7.98. The Morgan fingerprint density at radius 2 is 1.96 bits per heavy atom. The van der Waals surface area contributed by atoms with Crippen molar-refractivity contribution in [2.75, 3.05) is 26.7 Å². The fraction of sp³-hybridized carbons (Fsp3) is 0.500. The molecule has 6 heteroatoms.